The van der Waals surface area contributed by atoms with Crippen molar-refractivity contribution in [1.29, 1.82) is 0 Å². The van der Waals surface area contributed by atoms with Gasteiger partial charge >= 0.3 is 0 Å². The first kappa shape index (κ1) is 15.8. The van der Waals surface area contributed by atoms with Crippen LogP contribution in [0.4, 0.5) is 0 Å². The molecule has 2 rings (SSSR count). The Hall–Kier alpha value is -0.610. The smallest absolute Gasteiger partial charge is 0.167 e. The Balaban J connectivity index is 1.98. The normalized spacial score (nSPS) is 20.4. The van der Waals surface area contributed by atoms with Crippen LogP contribution in [0.15, 0.2) is 18.2 Å². The Morgan fingerprint density at radius 2 is 2.15 bits per heavy atom. The third-order valence-electron chi connectivity index (χ3n) is 3.55. The van der Waals surface area contributed by atoms with Crippen molar-refractivity contribution in [1.82, 2.24) is 4.90 Å². The van der Waals surface area contributed by atoms with Gasteiger partial charge in [-0.05, 0) is 31.5 Å². The molecule has 1 atom stereocenters. The highest BCUT2D eigenvalue weighted by atomic mass is 35.5. The second-order valence-corrected chi connectivity index (χ2v) is 6.15. The van der Waals surface area contributed by atoms with Crippen molar-refractivity contribution in [3.05, 3.63) is 33.8 Å². The summed E-state index contributed by atoms with van der Waals surface area (Å²) in [6.07, 6.45) is -0.0198. The van der Waals surface area contributed by atoms with Crippen molar-refractivity contribution >= 4 is 29.0 Å². The number of ketones is 1. The summed E-state index contributed by atoms with van der Waals surface area (Å²) in [6, 6.07) is 5.72. The number of nitrogens with zero attached hydrogens (tertiary/aromatic N) is 1. The summed E-state index contributed by atoms with van der Waals surface area (Å²) in [5.74, 6) is 0.0914. The standard InChI is InChI=1S/C15H19Cl2NO2/c1-10(2)18-5-6-20-15(9-18)14(19)8-11-3-4-12(16)13(17)7-11/h3-4,7,10,15H,5-6,8-9H2,1-2H3. The summed E-state index contributed by atoms with van der Waals surface area (Å²) in [5, 5.41) is 0.980. The number of Topliss-reactive ketones (excluding diaryl/α,β-unsaturated/α-hetero) is 1. The molecule has 0 N–H and O–H groups in total. The molecule has 0 saturated carbocycles. The molecule has 3 nitrogen and oxygen atoms in total. The quantitative estimate of drug-likeness (QED) is 0.854. The summed E-state index contributed by atoms with van der Waals surface area (Å²) in [7, 11) is 0. The molecule has 0 aromatic heterocycles. The van der Waals surface area contributed by atoms with Gasteiger partial charge in [0.25, 0.3) is 0 Å². The minimum Gasteiger partial charge on any atom is -0.368 e. The predicted octanol–water partition coefficient (Wildman–Crippen LogP) is 3.21. The molecule has 1 heterocycles. The van der Waals surface area contributed by atoms with Crippen molar-refractivity contribution < 1.29 is 9.53 Å². The van der Waals surface area contributed by atoms with Gasteiger partial charge in [-0.15, -0.1) is 0 Å². The van der Waals surface area contributed by atoms with E-state index in [2.05, 4.69) is 18.7 Å². The Morgan fingerprint density at radius 1 is 1.40 bits per heavy atom. The third kappa shape index (κ3) is 3.95. The van der Waals surface area contributed by atoms with E-state index in [-0.39, 0.29) is 11.9 Å². The topological polar surface area (TPSA) is 29.5 Å². The Kier molecular flexibility index (Phi) is 5.44. The number of carbonyl (C=O) groups is 1. The van der Waals surface area contributed by atoms with Gasteiger partial charge < -0.3 is 4.74 Å². The fraction of sp³-hybridized carbons (Fsp3) is 0.533. The van der Waals surface area contributed by atoms with Gasteiger partial charge in [0, 0.05) is 25.6 Å². The monoisotopic (exact) mass is 315 g/mol. The first-order valence-corrected chi connectivity index (χ1v) is 7.55. The zero-order valence-electron chi connectivity index (χ0n) is 11.7. The number of carbonyl (C=O) groups excluding carboxylic acids is 1. The maximum Gasteiger partial charge on any atom is 0.167 e. The fourth-order valence-corrected chi connectivity index (χ4v) is 2.62. The second-order valence-electron chi connectivity index (χ2n) is 5.34. The van der Waals surface area contributed by atoms with Crippen molar-refractivity contribution in [3.8, 4) is 0 Å². The minimum atomic E-state index is -0.347. The Morgan fingerprint density at radius 3 is 2.80 bits per heavy atom. The lowest BCUT2D eigenvalue weighted by Gasteiger charge is -2.34. The van der Waals surface area contributed by atoms with Crippen molar-refractivity contribution in [2.45, 2.75) is 32.4 Å². The SMILES string of the molecule is CC(C)N1CCOC(C(=O)Cc2ccc(Cl)c(Cl)c2)C1. The minimum absolute atomic E-state index is 0.0914. The van der Waals surface area contributed by atoms with Gasteiger partial charge in [-0.2, -0.15) is 0 Å². The average Bonchev–Trinajstić information content (AvgIpc) is 2.43. The summed E-state index contributed by atoms with van der Waals surface area (Å²) in [5.41, 5.74) is 0.870. The number of rotatable bonds is 4. The molecule has 1 aromatic rings. The first-order chi connectivity index (χ1) is 9.47. The summed E-state index contributed by atoms with van der Waals surface area (Å²) in [4.78, 5) is 14.6. The van der Waals surface area contributed by atoms with E-state index in [1.165, 1.54) is 0 Å². The van der Waals surface area contributed by atoms with Crippen molar-refractivity contribution in [2.24, 2.45) is 0 Å². The van der Waals surface area contributed by atoms with Gasteiger partial charge in [0.1, 0.15) is 6.10 Å². The molecule has 1 aliphatic rings. The molecule has 1 aromatic carbocycles. The lowest BCUT2D eigenvalue weighted by molar-refractivity contribution is -0.136. The molecule has 1 aliphatic heterocycles. The highest BCUT2D eigenvalue weighted by molar-refractivity contribution is 6.42. The van der Waals surface area contributed by atoms with E-state index in [1.54, 1.807) is 12.1 Å². The van der Waals surface area contributed by atoms with Gasteiger partial charge in [-0.1, -0.05) is 29.3 Å². The fourth-order valence-electron chi connectivity index (χ4n) is 2.30. The number of hydrogen-bond acceptors (Lipinski definition) is 3. The van der Waals surface area contributed by atoms with E-state index < -0.39 is 0 Å². The van der Waals surface area contributed by atoms with Gasteiger partial charge in [-0.25, -0.2) is 0 Å². The number of ether oxygens (including phenoxy) is 1. The van der Waals surface area contributed by atoms with Gasteiger partial charge in [0.15, 0.2) is 5.78 Å². The van der Waals surface area contributed by atoms with E-state index in [4.69, 9.17) is 27.9 Å². The summed E-state index contributed by atoms with van der Waals surface area (Å²) >= 11 is 11.8. The molecule has 0 radical (unpaired) electrons. The second kappa shape index (κ2) is 6.90. The Bertz CT molecular complexity index is 491. The highest BCUT2D eigenvalue weighted by Gasteiger charge is 2.27. The number of benzene rings is 1. The number of halogens is 2. The largest absolute Gasteiger partial charge is 0.368 e. The maximum absolute atomic E-state index is 12.3. The first-order valence-electron chi connectivity index (χ1n) is 6.79. The van der Waals surface area contributed by atoms with Gasteiger partial charge in [-0.3, -0.25) is 9.69 Å². The van der Waals surface area contributed by atoms with Crippen LogP contribution >= 0.6 is 23.2 Å². The molecule has 0 aliphatic carbocycles. The van der Waals surface area contributed by atoms with Crippen LogP contribution in [0.2, 0.25) is 10.0 Å². The van der Waals surface area contributed by atoms with Crippen LogP contribution in [0.1, 0.15) is 19.4 Å². The molecular weight excluding hydrogens is 297 g/mol. The number of hydrogen-bond donors (Lipinski definition) is 0. The lowest BCUT2D eigenvalue weighted by atomic mass is 10.0. The molecule has 20 heavy (non-hydrogen) atoms. The van der Waals surface area contributed by atoms with E-state index in [0.717, 1.165) is 12.1 Å². The molecule has 0 spiro atoms. The maximum atomic E-state index is 12.3. The van der Waals surface area contributed by atoms with Gasteiger partial charge in [0.05, 0.1) is 16.7 Å². The molecule has 1 fully saturated rings. The third-order valence-corrected chi connectivity index (χ3v) is 4.29. The Labute approximate surface area is 129 Å². The van der Waals surface area contributed by atoms with E-state index in [0.29, 0.717) is 35.7 Å². The molecule has 1 unspecified atom stereocenters. The summed E-state index contributed by atoms with van der Waals surface area (Å²) in [6.45, 7) is 6.42. The average molecular weight is 316 g/mol. The van der Waals surface area contributed by atoms with Crippen LogP contribution in [0.25, 0.3) is 0 Å². The molecule has 1 saturated heterocycles. The van der Waals surface area contributed by atoms with E-state index >= 15 is 0 Å². The lowest BCUT2D eigenvalue weighted by Crippen LogP contribution is -2.49. The van der Waals surface area contributed by atoms with E-state index in [1.807, 2.05) is 6.07 Å². The zero-order chi connectivity index (χ0) is 14.7. The predicted molar refractivity (Wildman–Crippen MR) is 81.6 cm³/mol. The van der Waals surface area contributed by atoms with Crippen molar-refractivity contribution in [2.75, 3.05) is 19.7 Å². The molecular formula is C15H19Cl2NO2. The highest BCUT2D eigenvalue weighted by Crippen LogP contribution is 2.23. The molecule has 0 bridgehead atoms. The van der Waals surface area contributed by atoms with Crippen LogP contribution in [0.3, 0.4) is 0 Å². The zero-order valence-corrected chi connectivity index (χ0v) is 13.2. The van der Waals surface area contributed by atoms with Crippen LogP contribution in [-0.4, -0.2) is 42.5 Å². The van der Waals surface area contributed by atoms with Crippen LogP contribution in [0.5, 0.6) is 0 Å². The van der Waals surface area contributed by atoms with E-state index in [9.17, 15) is 4.79 Å². The van der Waals surface area contributed by atoms with Gasteiger partial charge in [0.2, 0.25) is 0 Å². The van der Waals surface area contributed by atoms with Crippen LogP contribution in [0, 0.1) is 0 Å². The summed E-state index contributed by atoms with van der Waals surface area (Å²) < 4.78 is 5.60. The molecule has 5 heteroatoms. The number of morpholine rings is 1. The molecule has 110 valence electrons. The molecule has 0 amide bonds. The van der Waals surface area contributed by atoms with Crippen LogP contribution in [-0.2, 0) is 16.0 Å². The van der Waals surface area contributed by atoms with Crippen molar-refractivity contribution in [3.63, 3.8) is 0 Å². The van der Waals surface area contributed by atoms with Crippen LogP contribution < -0.4 is 0 Å².